The number of carbonyl (C=O) groups is 1. The van der Waals surface area contributed by atoms with Gasteiger partial charge in [0.05, 0.1) is 17.8 Å². The Morgan fingerprint density at radius 1 is 1.19 bits per heavy atom. The van der Waals surface area contributed by atoms with Crippen LogP contribution < -0.4 is 5.32 Å². The Hall–Kier alpha value is -1.92. The third-order valence-corrected chi connectivity index (χ3v) is 5.78. The van der Waals surface area contributed by atoms with Crippen LogP contribution >= 0.6 is 12.4 Å². The number of hydrogen-bond donors (Lipinski definition) is 1. The molecule has 1 aromatic heterocycles. The van der Waals surface area contributed by atoms with Crippen molar-refractivity contribution in [2.24, 2.45) is 0 Å². The molecule has 2 atom stereocenters. The first kappa shape index (κ1) is 19.8. The topological polar surface area (TPSA) is 50.2 Å². The van der Waals surface area contributed by atoms with Gasteiger partial charge in [-0.25, -0.2) is 9.07 Å². The minimum absolute atomic E-state index is 0. The number of nitrogens with zero attached hydrogens (tertiary/aromatic N) is 3. The lowest BCUT2D eigenvalue weighted by Crippen LogP contribution is -2.43. The lowest BCUT2D eigenvalue weighted by Gasteiger charge is -2.28. The fourth-order valence-electron chi connectivity index (χ4n) is 4.40. The van der Waals surface area contributed by atoms with E-state index in [0.29, 0.717) is 18.5 Å². The van der Waals surface area contributed by atoms with Gasteiger partial charge >= 0.3 is 0 Å². The summed E-state index contributed by atoms with van der Waals surface area (Å²) in [5, 5.41) is 8.03. The molecule has 1 amide bonds. The number of rotatable bonds is 3. The molecule has 2 unspecified atom stereocenters. The summed E-state index contributed by atoms with van der Waals surface area (Å²) in [4.78, 5) is 15.2. The van der Waals surface area contributed by atoms with Crippen molar-refractivity contribution in [3.8, 4) is 5.69 Å². The van der Waals surface area contributed by atoms with E-state index in [4.69, 9.17) is 0 Å². The predicted molar refractivity (Wildman–Crippen MR) is 105 cm³/mol. The maximum Gasteiger partial charge on any atom is 0.227 e. The molecule has 27 heavy (non-hydrogen) atoms. The molecule has 146 valence electrons. The van der Waals surface area contributed by atoms with E-state index in [1.165, 1.54) is 12.1 Å². The summed E-state index contributed by atoms with van der Waals surface area (Å²) >= 11 is 0. The number of amides is 1. The van der Waals surface area contributed by atoms with Gasteiger partial charge in [0.25, 0.3) is 0 Å². The quantitative estimate of drug-likeness (QED) is 0.873. The molecular weight excluding hydrogens is 367 g/mol. The highest BCUT2D eigenvalue weighted by Crippen LogP contribution is 2.29. The van der Waals surface area contributed by atoms with Gasteiger partial charge in [-0.3, -0.25) is 4.79 Å². The van der Waals surface area contributed by atoms with Crippen LogP contribution in [0.2, 0.25) is 0 Å². The molecule has 0 radical (unpaired) electrons. The number of aryl methyl sites for hydroxylation is 1. The van der Waals surface area contributed by atoms with Crippen LogP contribution in [-0.2, 0) is 11.2 Å². The van der Waals surface area contributed by atoms with Gasteiger partial charge < -0.3 is 10.2 Å². The van der Waals surface area contributed by atoms with Crippen LogP contribution in [0, 0.1) is 19.7 Å². The SMILES string of the molecule is Cc1nn(-c2ccc(F)cc2)c(C)c1CC(=O)N1C2CCNCC1CC2.Cl. The molecule has 1 aromatic carbocycles. The summed E-state index contributed by atoms with van der Waals surface area (Å²) in [5.74, 6) is -0.0676. The molecular formula is C20H26ClFN4O. The maximum absolute atomic E-state index is 13.2. The Kier molecular flexibility index (Phi) is 5.86. The molecule has 2 aromatic rings. The number of fused-ring (bicyclic) bond motifs is 2. The van der Waals surface area contributed by atoms with E-state index in [2.05, 4.69) is 15.3 Å². The lowest BCUT2D eigenvalue weighted by molar-refractivity contribution is -0.133. The zero-order chi connectivity index (χ0) is 18.3. The first-order valence-corrected chi connectivity index (χ1v) is 9.37. The number of aromatic nitrogens is 2. The van der Waals surface area contributed by atoms with Gasteiger partial charge in [0.1, 0.15) is 5.82 Å². The van der Waals surface area contributed by atoms with Crippen LogP contribution in [0.25, 0.3) is 5.69 Å². The van der Waals surface area contributed by atoms with Gasteiger partial charge in [0, 0.05) is 29.9 Å². The molecule has 2 bridgehead atoms. The highest BCUT2D eigenvalue weighted by Gasteiger charge is 2.38. The zero-order valence-corrected chi connectivity index (χ0v) is 16.6. The van der Waals surface area contributed by atoms with Crippen LogP contribution in [0.5, 0.6) is 0 Å². The maximum atomic E-state index is 13.2. The third kappa shape index (κ3) is 3.73. The number of halogens is 2. The minimum atomic E-state index is -0.268. The van der Waals surface area contributed by atoms with Crippen molar-refractivity contribution in [3.63, 3.8) is 0 Å². The van der Waals surface area contributed by atoms with Crippen LogP contribution in [0.4, 0.5) is 4.39 Å². The summed E-state index contributed by atoms with van der Waals surface area (Å²) in [7, 11) is 0. The Bertz CT molecular complexity index is 806. The molecule has 5 nitrogen and oxygen atoms in total. The van der Waals surface area contributed by atoms with Crippen molar-refractivity contribution >= 4 is 18.3 Å². The van der Waals surface area contributed by atoms with Crippen LogP contribution in [0.1, 0.15) is 36.2 Å². The summed E-state index contributed by atoms with van der Waals surface area (Å²) in [5.41, 5.74) is 3.60. The van der Waals surface area contributed by atoms with Crippen LogP contribution in [0.3, 0.4) is 0 Å². The van der Waals surface area contributed by atoms with E-state index in [-0.39, 0.29) is 24.1 Å². The molecule has 0 saturated carbocycles. The Morgan fingerprint density at radius 2 is 1.89 bits per heavy atom. The van der Waals surface area contributed by atoms with Gasteiger partial charge in [-0.1, -0.05) is 0 Å². The monoisotopic (exact) mass is 392 g/mol. The molecule has 4 rings (SSSR count). The lowest BCUT2D eigenvalue weighted by atomic mass is 10.1. The molecule has 7 heteroatoms. The first-order chi connectivity index (χ1) is 12.5. The van der Waals surface area contributed by atoms with E-state index in [0.717, 1.165) is 55.0 Å². The highest BCUT2D eigenvalue weighted by molar-refractivity contribution is 5.85. The molecule has 3 heterocycles. The van der Waals surface area contributed by atoms with Gasteiger partial charge in [-0.05, 0) is 63.9 Å². The molecule has 2 aliphatic heterocycles. The average Bonchev–Trinajstić information content (AvgIpc) is 3.04. The smallest absolute Gasteiger partial charge is 0.227 e. The van der Waals surface area contributed by atoms with Crippen LogP contribution in [-0.4, -0.2) is 45.8 Å². The van der Waals surface area contributed by atoms with Crippen molar-refractivity contribution in [1.82, 2.24) is 20.0 Å². The molecule has 2 aliphatic rings. The summed E-state index contributed by atoms with van der Waals surface area (Å²) in [6.45, 7) is 5.80. The molecule has 0 aliphatic carbocycles. The standard InChI is InChI=1S/C20H25FN4O.ClH/c1-13-19(14(2)25(23-13)17-5-3-15(21)4-6-17)11-20(26)24-16-7-8-18(24)12-22-10-9-16;/h3-6,16,18,22H,7-12H2,1-2H3;1H. The van der Waals surface area contributed by atoms with Gasteiger partial charge in [-0.15, -0.1) is 12.4 Å². The number of hydrogen-bond acceptors (Lipinski definition) is 3. The van der Waals surface area contributed by atoms with E-state index < -0.39 is 0 Å². The summed E-state index contributed by atoms with van der Waals surface area (Å²) in [6, 6.07) is 6.97. The van der Waals surface area contributed by atoms with Crippen molar-refractivity contribution < 1.29 is 9.18 Å². The average molecular weight is 393 g/mol. The van der Waals surface area contributed by atoms with E-state index in [9.17, 15) is 9.18 Å². The van der Waals surface area contributed by atoms with Crippen molar-refractivity contribution in [1.29, 1.82) is 0 Å². The molecule has 0 spiro atoms. The van der Waals surface area contributed by atoms with Crippen molar-refractivity contribution in [3.05, 3.63) is 47.0 Å². The summed E-state index contributed by atoms with van der Waals surface area (Å²) < 4.78 is 15.0. The van der Waals surface area contributed by atoms with E-state index in [1.807, 2.05) is 13.8 Å². The number of carbonyl (C=O) groups excluding carboxylic acids is 1. The minimum Gasteiger partial charge on any atom is -0.335 e. The second kappa shape index (κ2) is 7.98. The molecule has 1 N–H and O–H groups in total. The molecule has 2 saturated heterocycles. The predicted octanol–water partition coefficient (Wildman–Crippen LogP) is 2.95. The normalized spacial score (nSPS) is 21.7. The largest absolute Gasteiger partial charge is 0.335 e. The number of benzene rings is 1. The van der Waals surface area contributed by atoms with Crippen LogP contribution in [0.15, 0.2) is 24.3 Å². The Balaban J connectivity index is 0.00000210. The van der Waals surface area contributed by atoms with Gasteiger partial charge in [0.2, 0.25) is 5.91 Å². The van der Waals surface area contributed by atoms with Gasteiger partial charge in [0.15, 0.2) is 0 Å². The van der Waals surface area contributed by atoms with Crippen molar-refractivity contribution in [2.75, 3.05) is 13.1 Å². The van der Waals surface area contributed by atoms with Crippen molar-refractivity contribution in [2.45, 2.75) is 51.6 Å². The summed E-state index contributed by atoms with van der Waals surface area (Å²) in [6.07, 6.45) is 3.63. The zero-order valence-electron chi connectivity index (χ0n) is 15.7. The Morgan fingerprint density at radius 3 is 2.63 bits per heavy atom. The second-order valence-electron chi connectivity index (χ2n) is 7.39. The van der Waals surface area contributed by atoms with Gasteiger partial charge in [-0.2, -0.15) is 5.10 Å². The second-order valence-corrected chi connectivity index (χ2v) is 7.39. The fraction of sp³-hybridized carbons (Fsp3) is 0.500. The molecule has 2 fully saturated rings. The first-order valence-electron chi connectivity index (χ1n) is 9.37. The Labute approximate surface area is 165 Å². The highest BCUT2D eigenvalue weighted by atomic mass is 35.5. The number of nitrogens with one attached hydrogen (secondary N) is 1. The third-order valence-electron chi connectivity index (χ3n) is 5.78. The van der Waals surface area contributed by atoms with E-state index >= 15 is 0 Å². The fourth-order valence-corrected chi connectivity index (χ4v) is 4.40. The van der Waals surface area contributed by atoms with E-state index in [1.54, 1.807) is 16.8 Å².